The molecule has 0 fully saturated rings. The minimum atomic E-state index is 0.0983. The zero-order valence-electron chi connectivity index (χ0n) is 5.42. The molecule has 2 nitrogen and oxygen atoms in total. The molecule has 0 aromatic heterocycles. The molecule has 1 aliphatic heterocycles. The number of amides is 1. The Balaban J connectivity index is 2.51. The fourth-order valence-electron chi connectivity index (χ4n) is 1.16. The van der Waals surface area contributed by atoms with Gasteiger partial charge in [-0.15, -0.1) is 0 Å². The lowest BCUT2D eigenvalue weighted by Gasteiger charge is -1.93. The standard InChI is InChI=1S/C8H7NO/c10-8-5-6-3-1-2-4-7(6)9-8/h1-4H,5H2,(H,9,10)/i5+1. The summed E-state index contributed by atoms with van der Waals surface area (Å²) in [7, 11) is 0. The first kappa shape index (κ1) is 5.47. The lowest BCUT2D eigenvalue weighted by atomic mass is 10.2. The van der Waals surface area contributed by atoms with Gasteiger partial charge in [0, 0.05) is 5.69 Å². The number of anilines is 1. The first-order chi connectivity index (χ1) is 4.86. The molecular weight excluding hydrogens is 127 g/mol. The summed E-state index contributed by atoms with van der Waals surface area (Å²) in [5.74, 6) is 0.0983. The number of carbonyl (C=O) groups is 1. The molecule has 0 radical (unpaired) electrons. The molecule has 0 saturated carbocycles. The Bertz CT molecular complexity index is 253. The highest BCUT2D eigenvalue weighted by atomic mass is 16.2. The topological polar surface area (TPSA) is 29.1 Å². The van der Waals surface area contributed by atoms with Gasteiger partial charge in [0.25, 0.3) is 0 Å². The van der Waals surface area contributed by atoms with Gasteiger partial charge in [-0.1, -0.05) is 18.2 Å². The molecule has 1 amide bonds. The number of fused-ring (bicyclic) bond motifs is 1. The van der Waals surface area contributed by atoms with E-state index in [2.05, 4.69) is 5.32 Å². The summed E-state index contributed by atoms with van der Waals surface area (Å²) < 4.78 is 0. The van der Waals surface area contributed by atoms with Gasteiger partial charge in [0.1, 0.15) is 0 Å². The predicted molar refractivity (Wildman–Crippen MR) is 38.8 cm³/mol. The van der Waals surface area contributed by atoms with E-state index in [9.17, 15) is 4.79 Å². The zero-order chi connectivity index (χ0) is 6.97. The number of hydrogen-bond donors (Lipinski definition) is 1. The van der Waals surface area contributed by atoms with Crippen LogP contribution in [0, 0.1) is 0 Å². The van der Waals surface area contributed by atoms with Gasteiger partial charge in [-0.2, -0.15) is 0 Å². The monoisotopic (exact) mass is 134 g/mol. The molecular formula is C8H7NO. The summed E-state index contributed by atoms with van der Waals surface area (Å²) in [4.78, 5) is 10.8. The average Bonchev–Trinajstić information content (AvgIpc) is 2.27. The summed E-state index contributed by atoms with van der Waals surface area (Å²) in [6.45, 7) is 0. The number of benzene rings is 1. The fourth-order valence-corrected chi connectivity index (χ4v) is 1.16. The van der Waals surface area contributed by atoms with Gasteiger partial charge >= 0.3 is 0 Å². The number of para-hydroxylation sites is 1. The van der Waals surface area contributed by atoms with Crippen LogP contribution in [0.2, 0.25) is 0 Å². The Kier molecular flexibility index (Phi) is 1.01. The maximum absolute atomic E-state index is 10.8. The normalized spacial score (nSPS) is 14.6. The molecule has 2 rings (SSSR count). The molecule has 10 heavy (non-hydrogen) atoms. The van der Waals surface area contributed by atoms with Crippen molar-refractivity contribution < 1.29 is 4.79 Å². The Morgan fingerprint density at radius 3 is 2.90 bits per heavy atom. The number of nitrogens with one attached hydrogen (secondary N) is 1. The van der Waals surface area contributed by atoms with Crippen LogP contribution in [0.4, 0.5) is 5.69 Å². The molecule has 50 valence electrons. The summed E-state index contributed by atoms with van der Waals surface area (Å²) in [6.07, 6.45) is 0.538. The van der Waals surface area contributed by atoms with E-state index < -0.39 is 0 Å². The molecule has 0 unspecified atom stereocenters. The Hall–Kier alpha value is -1.31. The maximum atomic E-state index is 10.8. The molecule has 1 N–H and O–H groups in total. The van der Waals surface area contributed by atoms with Gasteiger partial charge < -0.3 is 5.32 Å². The van der Waals surface area contributed by atoms with Gasteiger partial charge in [-0.3, -0.25) is 4.79 Å². The van der Waals surface area contributed by atoms with Crippen LogP contribution in [-0.2, 0) is 11.2 Å². The molecule has 1 heterocycles. The largest absolute Gasteiger partial charge is 0.326 e. The highest BCUT2D eigenvalue weighted by Crippen LogP contribution is 2.20. The van der Waals surface area contributed by atoms with E-state index in [4.69, 9.17) is 0 Å². The van der Waals surface area contributed by atoms with Crippen molar-refractivity contribution in [3.8, 4) is 0 Å². The van der Waals surface area contributed by atoms with E-state index in [0.29, 0.717) is 6.42 Å². The third-order valence-electron chi connectivity index (χ3n) is 1.64. The van der Waals surface area contributed by atoms with Gasteiger partial charge in [-0.05, 0) is 11.6 Å². The van der Waals surface area contributed by atoms with E-state index in [0.717, 1.165) is 11.3 Å². The molecule has 0 atom stereocenters. The quantitative estimate of drug-likeness (QED) is 0.530. The second-order valence-electron chi connectivity index (χ2n) is 2.38. The van der Waals surface area contributed by atoms with Crippen molar-refractivity contribution in [3.63, 3.8) is 0 Å². The van der Waals surface area contributed by atoms with Crippen LogP contribution in [0.25, 0.3) is 0 Å². The van der Waals surface area contributed by atoms with Crippen molar-refractivity contribution in [1.82, 2.24) is 0 Å². The molecule has 2 heteroatoms. The summed E-state index contributed by atoms with van der Waals surface area (Å²) in [6, 6.07) is 7.75. The van der Waals surface area contributed by atoms with Crippen LogP contribution in [0.5, 0.6) is 0 Å². The third kappa shape index (κ3) is 0.692. The first-order valence-corrected chi connectivity index (χ1v) is 3.24. The number of hydrogen-bond acceptors (Lipinski definition) is 1. The minimum absolute atomic E-state index is 0.0983. The average molecular weight is 134 g/mol. The van der Waals surface area contributed by atoms with Gasteiger partial charge in [0.15, 0.2) is 0 Å². The molecule has 0 aliphatic carbocycles. The molecule has 1 aromatic carbocycles. The van der Waals surface area contributed by atoms with Crippen LogP contribution in [0.1, 0.15) is 5.56 Å². The van der Waals surface area contributed by atoms with Crippen molar-refractivity contribution in [2.24, 2.45) is 0 Å². The molecule has 0 bridgehead atoms. The Morgan fingerprint density at radius 1 is 1.30 bits per heavy atom. The Morgan fingerprint density at radius 2 is 2.10 bits per heavy atom. The van der Waals surface area contributed by atoms with Crippen LogP contribution >= 0.6 is 0 Å². The minimum Gasteiger partial charge on any atom is -0.326 e. The smallest absolute Gasteiger partial charge is 0.228 e. The fraction of sp³-hybridized carbons (Fsp3) is 0.125. The second kappa shape index (κ2) is 1.84. The molecule has 1 aromatic rings. The zero-order valence-corrected chi connectivity index (χ0v) is 5.42. The number of rotatable bonds is 0. The van der Waals surface area contributed by atoms with Gasteiger partial charge in [0.05, 0.1) is 6.42 Å². The second-order valence-corrected chi connectivity index (χ2v) is 2.38. The van der Waals surface area contributed by atoms with Gasteiger partial charge in [-0.25, -0.2) is 0 Å². The van der Waals surface area contributed by atoms with Crippen molar-refractivity contribution in [2.45, 2.75) is 6.42 Å². The van der Waals surface area contributed by atoms with Crippen molar-refractivity contribution in [2.75, 3.05) is 5.32 Å². The van der Waals surface area contributed by atoms with Crippen LogP contribution in [-0.4, -0.2) is 5.91 Å². The highest BCUT2D eigenvalue weighted by molar-refractivity contribution is 5.98. The van der Waals surface area contributed by atoms with Crippen LogP contribution < -0.4 is 5.32 Å². The van der Waals surface area contributed by atoms with Gasteiger partial charge in [0.2, 0.25) is 5.91 Å². The number of carbonyl (C=O) groups excluding carboxylic acids is 1. The molecule has 0 spiro atoms. The summed E-state index contributed by atoms with van der Waals surface area (Å²) in [5, 5.41) is 2.76. The Labute approximate surface area is 58.9 Å². The van der Waals surface area contributed by atoms with Crippen molar-refractivity contribution >= 4 is 11.6 Å². The predicted octanol–water partition coefficient (Wildman–Crippen LogP) is 1.18. The third-order valence-corrected chi connectivity index (χ3v) is 1.64. The van der Waals surface area contributed by atoms with Crippen LogP contribution in [0.15, 0.2) is 24.3 Å². The molecule has 0 saturated heterocycles. The van der Waals surface area contributed by atoms with E-state index >= 15 is 0 Å². The first-order valence-electron chi connectivity index (χ1n) is 3.24. The summed E-state index contributed by atoms with van der Waals surface area (Å²) in [5.41, 5.74) is 2.07. The lowest BCUT2D eigenvalue weighted by molar-refractivity contribution is -0.115. The lowest BCUT2D eigenvalue weighted by Crippen LogP contribution is -2.03. The summed E-state index contributed by atoms with van der Waals surface area (Å²) >= 11 is 0. The van der Waals surface area contributed by atoms with Crippen molar-refractivity contribution in [1.29, 1.82) is 0 Å². The van der Waals surface area contributed by atoms with E-state index in [1.54, 1.807) is 0 Å². The van der Waals surface area contributed by atoms with E-state index in [1.165, 1.54) is 0 Å². The SMILES string of the molecule is O=C1[13CH2]c2ccccc2N1. The van der Waals surface area contributed by atoms with Crippen molar-refractivity contribution in [3.05, 3.63) is 29.8 Å². The maximum Gasteiger partial charge on any atom is 0.228 e. The van der Waals surface area contributed by atoms with E-state index in [1.807, 2.05) is 24.3 Å². The highest BCUT2D eigenvalue weighted by Gasteiger charge is 2.15. The molecule has 1 aliphatic rings. The van der Waals surface area contributed by atoms with Crippen LogP contribution in [0.3, 0.4) is 0 Å². The van der Waals surface area contributed by atoms with E-state index in [-0.39, 0.29) is 5.91 Å².